The Kier molecular flexibility index (Phi) is 5.44. The number of aromatic amines is 1. The standard InChI is InChI=1S/C20H20Cl3N3/c21-16-3-4-20-18(9-16)15(11-24-20)13-26-7-5-25(6-8-26)12-14-1-2-17(22)10-19(14)23/h1-4,9-11,24H,5-8,12-13H2. The average molecular weight is 409 g/mol. The number of benzene rings is 2. The maximum Gasteiger partial charge on any atom is 0.0465 e. The lowest BCUT2D eigenvalue weighted by Gasteiger charge is -2.34. The van der Waals surface area contributed by atoms with Crippen molar-refractivity contribution in [3.63, 3.8) is 0 Å². The third kappa shape index (κ3) is 4.03. The van der Waals surface area contributed by atoms with E-state index in [1.807, 2.05) is 36.4 Å². The Labute approximate surface area is 168 Å². The second-order valence-corrected chi connectivity index (χ2v) is 8.07. The highest BCUT2D eigenvalue weighted by molar-refractivity contribution is 6.35. The minimum atomic E-state index is 0.683. The van der Waals surface area contributed by atoms with E-state index in [9.17, 15) is 0 Å². The van der Waals surface area contributed by atoms with Gasteiger partial charge in [0.1, 0.15) is 0 Å². The predicted octanol–water partition coefficient (Wildman–Crippen LogP) is 5.45. The van der Waals surface area contributed by atoms with Crippen LogP contribution in [0.3, 0.4) is 0 Å². The van der Waals surface area contributed by atoms with Crippen LogP contribution in [0.1, 0.15) is 11.1 Å². The zero-order valence-corrected chi connectivity index (χ0v) is 16.6. The average Bonchev–Trinajstić information content (AvgIpc) is 3.01. The van der Waals surface area contributed by atoms with Gasteiger partial charge in [-0.15, -0.1) is 0 Å². The summed E-state index contributed by atoms with van der Waals surface area (Å²) in [6.45, 7) is 5.95. The number of nitrogens with zero attached hydrogens (tertiary/aromatic N) is 2. The van der Waals surface area contributed by atoms with Crippen LogP contribution >= 0.6 is 34.8 Å². The molecule has 1 aliphatic heterocycles. The van der Waals surface area contributed by atoms with Gasteiger partial charge < -0.3 is 4.98 Å². The number of piperazine rings is 1. The molecular formula is C20H20Cl3N3. The molecule has 136 valence electrons. The van der Waals surface area contributed by atoms with Gasteiger partial charge in [-0.2, -0.15) is 0 Å². The third-order valence-electron chi connectivity index (χ3n) is 5.00. The van der Waals surface area contributed by atoms with Crippen molar-refractivity contribution in [2.75, 3.05) is 26.2 Å². The van der Waals surface area contributed by atoms with E-state index in [-0.39, 0.29) is 0 Å². The first-order valence-corrected chi connectivity index (χ1v) is 9.86. The van der Waals surface area contributed by atoms with Crippen molar-refractivity contribution >= 4 is 45.7 Å². The van der Waals surface area contributed by atoms with Crippen molar-refractivity contribution in [3.05, 3.63) is 68.8 Å². The molecule has 1 aromatic heterocycles. The van der Waals surface area contributed by atoms with Gasteiger partial charge in [0.15, 0.2) is 0 Å². The maximum atomic E-state index is 6.30. The normalized spacial score (nSPS) is 16.4. The fourth-order valence-corrected chi connectivity index (χ4v) is 4.16. The van der Waals surface area contributed by atoms with Crippen LogP contribution in [0, 0.1) is 0 Å². The van der Waals surface area contributed by atoms with E-state index in [1.54, 1.807) is 0 Å². The first-order valence-electron chi connectivity index (χ1n) is 8.72. The number of hydrogen-bond acceptors (Lipinski definition) is 2. The zero-order chi connectivity index (χ0) is 18.1. The van der Waals surface area contributed by atoms with Gasteiger partial charge in [-0.3, -0.25) is 9.80 Å². The van der Waals surface area contributed by atoms with E-state index in [0.29, 0.717) is 5.02 Å². The summed E-state index contributed by atoms with van der Waals surface area (Å²) in [6, 6.07) is 11.7. The molecule has 2 aromatic carbocycles. The lowest BCUT2D eigenvalue weighted by molar-refractivity contribution is 0.122. The summed E-state index contributed by atoms with van der Waals surface area (Å²) in [5, 5.41) is 3.42. The molecule has 1 saturated heterocycles. The summed E-state index contributed by atoms with van der Waals surface area (Å²) in [6.07, 6.45) is 2.10. The lowest BCUT2D eigenvalue weighted by atomic mass is 10.1. The van der Waals surface area contributed by atoms with Crippen LogP contribution in [0.2, 0.25) is 15.1 Å². The van der Waals surface area contributed by atoms with Crippen LogP contribution in [-0.2, 0) is 13.1 Å². The van der Waals surface area contributed by atoms with Crippen molar-refractivity contribution in [2.45, 2.75) is 13.1 Å². The van der Waals surface area contributed by atoms with Crippen LogP contribution in [-0.4, -0.2) is 41.0 Å². The van der Waals surface area contributed by atoms with Gasteiger partial charge >= 0.3 is 0 Å². The van der Waals surface area contributed by atoms with E-state index in [2.05, 4.69) is 21.0 Å². The van der Waals surface area contributed by atoms with Gasteiger partial charge in [-0.05, 0) is 41.5 Å². The summed E-state index contributed by atoms with van der Waals surface area (Å²) < 4.78 is 0. The summed E-state index contributed by atoms with van der Waals surface area (Å²) in [4.78, 5) is 8.27. The summed E-state index contributed by atoms with van der Waals surface area (Å²) >= 11 is 18.4. The molecule has 1 N–H and O–H groups in total. The molecule has 0 amide bonds. The molecule has 0 spiro atoms. The van der Waals surface area contributed by atoms with Crippen LogP contribution in [0.15, 0.2) is 42.6 Å². The largest absolute Gasteiger partial charge is 0.361 e. The molecule has 1 aliphatic rings. The van der Waals surface area contributed by atoms with E-state index < -0.39 is 0 Å². The zero-order valence-electron chi connectivity index (χ0n) is 14.3. The predicted molar refractivity (Wildman–Crippen MR) is 110 cm³/mol. The molecule has 0 bridgehead atoms. The van der Waals surface area contributed by atoms with Crippen LogP contribution in [0.5, 0.6) is 0 Å². The van der Waals surface area contributed by atoms with Gasteiger partial charge in [-0.25, -0.2) is 0 Å². The highest BCUT2D eigenvalue weighted by atomic mass is 35.5. The molecule has 0 saturated carbocycles. The Bertz CT molecular complexity index is 914. The molecule has 3 aromatic rings. The number of hydrogen-bond donors (Lipinski definition) is 1. The molecule has 1 fully saturated rings. The Hall–Kier alpha value is -1.23. The third-order valence-corrected chi connectivity index (χ3v) is 5.82. The van der Waals surface area contributed by atoms with E-state index >= 15 is 0 Å². The molecule has 2 heterocycles. The smallest absolute Gasteiger partial charge is 0.0465 e. The second kappa shape index (κ2) is 7.79. The fraction of sp³-hybridized carbons (Fsp3) is 0.300. The van der Waals surface area contributed by atoms with E-state index in [0.717, 1.165) is 60.4 Å². The fourth-order valence-electron chi connectivity index (χ4n) is 3.52. The van der Waals surface area contributed by atoms with Gasteiger partial charge in [0.05, 0.1) is 0 Å². The van der Waals surface area contributed by atoms with Gasteiger partial charge in [-0.1, -0.05) is 40.9 Å². The molecule has 26 heavy (non-hydrogen) atoms. The summed E-state index contributed by atoms with van der Waals surface area (Å²) in [5.41, 5.74) is 3.58. The van der Waals surface area contributed by atoms with E-state index in [4.69, 9.17) is 34.8 Å². The topological polar surface area (TPSA) is 22.3 Å². The number of nitrogens with one attached hydrogen (secondary N) is 1. The quantitative estimate of drug-likeness (QED) is 0.620. The minimum absolute atomic E-state index is 0.683. The van der Waals surface area contributed by atoms with E-state index in [1.165, 1.54) is 10.9 Å². The number of fused-ring (bicyclic) bond motifs is 1. The molecule has 0 atom stereocenters. The second-order valence-electron chi connectivity index (χ2n) is 6.79. The Morgan fingerprint density at radius 1 is 0.769 bits per heavy atom. The van der Waals surface area contributed by atoms with Crippen molar-refractivity contribution in [1.82, 2.24) is 14.8 Å². The van der Waals surface area contributed by atoms with Gasteiger partial charge in [0.25, 0.3) is 0 Å². The molecule has 0 unspecified atom stereocenters. The summed E-state index contributed by atoms with van der Waals surface area (Å²) in [7, 11) is 0. The van der Waals surface area contributed by atoms with Crippen molar-refractivity contribution in [3.8, 4) is 0 Å². The Balaban J connectivity index is 1.36. The number of aromatic nitrogens is 1. The molecule has 4 rings (SSSR count). The van der Waals surface area contributed by atoms with Crippen molar-refractivity contribution in [2.24, 2.45) is 0 Å². The van der Waals surface area contributed by atoms with Crippen molar-refractivity contribution < 1.29 is 0 Å². The molecular weight excluding hydrogens is 389 g/mol. The van der Waals surface area contributed by atoms with Crippen LogP contribution in [0.4, 0.5) is 0 Å². The molecule has 0 radical (unpaired) electrons. The van der Waals surface area contributed by atoms with Crippen LogP contribution < -0.4 is 0 Å². The Morgan fingerprint density at radius 2 is 1.38 bits per heavy atom. The first-order chi connectivity index (χ1) is 12.6. The van der Waals surface area contributed by atoms with Gasteiger partial charge in [0, 0.05) is 71.4 Å². The summed E-state index contributed by atoms with van der Waals surface area (Å²) in [5.74, 6) is 0. The monoisotopic (exact) mass is 407 g/mol. The minimum Gasteiger partial charge on any atom is -0.361 e. The van der Waals surface area contributed by atoms with Crippen molar-refractivity contribution in [1.29, 1.82) is 0 Å². The number of halogens is 3. The maximum absolute atomic E-state index is 6.30. The van der Waals surface area contributed by atoms with Crippen LogP contribution in [0.25, 0.3) is 10.9 Å². The molecule has 6 heteroatoms. The first kappa shape index (κ1) is 18.1. The molecule has 0 aliphatic carbocycles. The number of rotatable bonds is 4. The SMILES string of the molecule is Clc1ccc(CN2CCN(Cc3c[nH]c4ccc(Cl)cc34)CC2)c(Cl)c1. The highest BCUT2D eigenvalue weighted by Gasteiger charge is 2.19. The number of H-pyrrole nitrogens is 1. The lowest BCUT2D eigenvalue weighted by Crippen LogP contribution is -2.45. The van der Waals surface area contributed by atoms with Gasteiger partial charge in [0.2, 0.25) is 0 Å². The molecule has 3 nitrogen and oxygen atoms in total. The Morgan fingerprint density at radius 3 is 2.08 bits per heavy atom. The highest BCUT2D eigenvalue weighted by Crippen LogP contribution is 2.25.